The second-order valence-corrected chi connectivity index (χ2v) is 11.1. The maximum Gasteiger partial charge on any atom is 0.256 e. The highest BCUT2D eigenvalue weighted by Crippen LogP contribution is 2.41. The van der Waals surface area contributed by atoms with Crippen LogP contribution in [0.2, 0.25) is 5.02 Å². The number of benzene rings is 2. The van der Waals surface area contributed by atoms with Crippen LogP contribution in [-0.2, 0) is 4.79 Å². The molecular weight excluding hydrogens is 496 g/mol. The fraction of sp³-hybridized carbons (Fsp3) is 0.355. The van der Waals surface area contributed by atoms with Gasteiger partial charge in [0.15, 0.2) is 0 Å². The summed E-state index contributed by atoms with van der Waals surface area (Å²) in [7, 11) is 0. The number of carbonyl (C=O) groups is 2. The first-order valence-electron chi connectivity index (χ1n) is 13.6. The number of aromatic amines is 1. The molecule has 0 spiro atoms. The van der Waals surface area contributed by atoms with E-state index in [1.54, 1.807) is 0 Å². The molecule has 0 aliphatic carbocycles. The molecule has 2 N–H and O–H groups in total. The van der Waals surface area contributed by atoms with E-state index in [1.165, 1.54) is 25.9 Å². The van der Waals surface area contributed by atoms with Crippen LogP contribution in [0.5, 0.6) is 0 Å². The van der Waals surface area contributed by atoms with E-state index >= 15 is 0 Å². The van der Waals surface area contributed by atoms with Crippen LogP contribution in [0.25, 0.3) is 22.8 Å². The zero-order valence-electron chi connectivity index (χ0n) is 21.9. The highest BCUT2D eigenvalue weighted by atomic mass is 35.5. The standard InChI is InChI=1S/C31H33ClN4O2/c1-19-27(33-20(2)28(19)31(38)36-15-11-23(12-16-36)35-13-3-4-14-35)18-25-29-24(21-7-5-8-22(32)17-21)9-6-10-26(29)34-30(25)37/h5-10,17-18,23,33H,3-4,11-16H2,1-2H3,(H,34,37)/b25-18-. The molecule has 4 heterocycles. The van der Waals surface area contributed by atoms with E-state index in [2.05, 4.69) is 15.2 Å². The van der Waals surface area contributed by atoms with E-state index in [9.17, 15) is 9.59 Å². The minimum Gasteiger partial charge on any atom is -0.358 e. The number of anilines is 1. The summed E-state index contributed by atoms with van der Waals surface area (Å²) in [4.78, 5) is 34.7. The van der Waals surface area contributed by atoms with Crippen molar-refractivity contribution in [2.75, 3.05) is 31.5 Å². The van der Waals surface area contributed by atoms with E-state index in [0.717, 1.165) is 70.8 Å². The number of carbonyl (C=O) groups excluding carboxylic acids is 2. The summed E-state index contributed by atoms with van der Waals surface area (Å²) in [5.41, 5.74) is 7.31. The number of hydrogen-bond acceptors (Lipinski definition) is 3. The lowest BCUT2D eigenvalue weighted by Crippen LogP contribution is -2.46. The van der Waals surface area contributed by atoms with Gasteiger partial charge in [-0.25, -0.2) is 0 Å². The summed E-state index contributed by atoms with van der Waals surface area (Å²) in [6.07, 6.45) is 6.54. The molecule has 2 fully saturated rings. The largest absolute Gasteiger partial charge is 0.358 e. The molecule has 0 bridgehead atoms. The molecule has 2 aromatic carbocycles. The number of aromatic nitrogens is 1. The van der Waals surface area contributed by atoms with Crippen molar-refractivity contribution in [1.29, 1.82) is 0 Å². The summed E-state index contributed by atoms with van der Waals surface area (Å²) in [6, 6.07) is 14.1. The Morgan fingerprint density at radius 3 is 2.50 bits per heavy atom. The Labute approximate surface area is 228 Å². The predicted molar refractivity (Wildman–Crippen MR) is 153 cm³/mol. The van der Waals surface area contributed by atoms with Crippen LogP contribution in [0, 0.1) is 13.8 Å². The molecule has 3 aliphatic rings. The summed E-state index contributed by atoms with van der Waals surface area (Å²) < 4.78 is 0. The van der Waals surface area contributed by atoms with Gasteiger partial charge < -0.3 is 20.1 Å². The molecule has 196 valence electrons. The molecule has 0 unspecified atom stereocenters. The average Bonchev–Trinajstić information content (AvgIpc) is 3.63. The lowest BCUT2D eigenvalue weighted by molar-refractivity contribution is -0.110. The number of nitrogens with one attached hydrogen (secondary N) is 2. The highest BCUT2D eigenvalue weighted by Gasteiger charge is 2.32. The van der Waals surface area contributed by atoms with Crippen LogP contribution < -0.4 is 5.32 Å². The Hall–Kier alpha value is -3.35. The van der Waals surface area contributed by atoms with Crippen LogP contribution in [0.4, 0.5) is 5.69 Å². The third-order valence-corrected chi connectivity index (χ3v) is 8.58. The molecule has 0 saturated carbocycles. The normalized spacial score (nSPS) is 19.3. The smallest absolute Gasteiger partial charge is 0.256 e. The van der Waals surface area contributed by atoms with Crippen LogP contribution in [0.15, 0.2) is 42.5 Å². The topological polar surface area (TPSA) is 68.4 Å². The van der Waals surface area contributed by atoms with Gasteiger partial charge in [-0.3, -0.25) is 9.59 Å². The number of fused-ring (bicyclic) bond motifs is 1. The van der Waals surface area contributed by atoms with Gasteiger partial charge in [-0.1, -0.05) is 35.9 Å². The van der Waals surface area contributed by atoms with Crippen molar-refractivity contribution < 1.29 is 9.59 Å². The summed E-state index contributed by atoms with van der Waals surface area (Å²) in [6.45, 7) is 7.89. The van der Waals surface area contributed by atoms with E-state index in [-0.39, 0.29) is 11.8 Å². The first-order valence-corrected chi connectivity index (χ1v) is 13.9. The van der Waals surface area contributed by atoms with Crippen LogP contribution in [0.3, 0.4) is 0 Å². The molecule has 6 nitrogen and oxygen atoms in total. The third kappa shape index (κ3) is 4.46. The van der Waals surface area contributed by atoms with Crippen molar-refractivity contribution in [2.24, 2.45) is 0 Å². The van der Waals surface area contributed by atoms with Crippen molar-refractivity contribution in [3.63, 3.8) is 0 Å². The monoisotopic (exact) mass is 528 g/mol. The van der Waals surface area contributed by atoms with Crippen molar-refractivity contribution in [3.05, 3.63) is 75.6 Å². The Morgan fingerprint density at radius 2 is 1.76 bits per heavy atom. The molecule has 0 atom stereocenters. The van der Waals surface area contributed by atoms with Gasteiger partial charge >= 0.3 is 0 Å². The second kappa shape index (κ2) is 10.1. The number of aryl methyl sites for hydroxylation is 1. The van der Waals surface area contributed by atoms with Crippen molar-refractivity contribution >= 4 is 40.8 Å². The van der Waals surface area contributed by atoms with Gasteiger partial charge in [0.1, 0.15) is 0 Å². The summed E-state index contributed by atoms with van der Waals surface area (Å²) in [5.74, 6) is -0.0744. The lowest BCUT2D eigenvalue weighted by Gasteiger charge is -2.36. The molecule has 3 aliphatic heterocycles. The number of halogens is 1. The van der Waals surface area contributed by atoms with E-state index in [1.807, 2.05) is 67.3 Å². The van der Waals surface area contributed by atoms with Crippen molar-refractivity contribution in [2.45, 2.75) is 45.6 Å². The zero-order valence-corrected chi connectivity index (χ0v) is 22.7. The molecule has 1 aromatic heterocycles. The summed E-state index contributed by atoms with van der Waals surface area (Å²) in [5, 5.41) is 3.65. The first kappa shape index (κ1) is 25.0. The number of likely N-dealkylation sites (tertiary alicyclic amines) is 2. The Kier molecular flexibility index (Phi) is 6.62. The van der Waals surface area contributed by atoms with Gasteiger partial charge in [-0.15, -0.1) is 0 Å². The molecule has 7 heteroatoms. The number of amides is 2. The molecular formula is C31H33ClN4O2. The fourth-order valence-electron chi connectivity index (χ4n) is 6.37. The number of nitrogens with zero attached hydrogens (tertiary/aromatic N) is 2. The number of hydrogen-bond donors (Lipinski definition) is 2. The lowest BCUT2D eigenvalue weighted by atomic mass is 9.94. The van der Waals surface area contributed by atoms with Crippen molar-refractivity contribution in [3.8, 4) is 11.1 Å². The van der Waals surface area contributed by atoms with Crippen LogP contribution >= 0.6 is 11.6 Å². The van der Waals surface area contributed by atoms with Crippen LogP contribution in [0.1, 0.15) is 58.6 Å². The number of piperidine rings is 1. The fourth-order valence-corrected chi connectivity index (χ4v) is 6.56. The molecule has 2 saturated heterocycles. The number of rotatable bonds is 4. The Bertz CT molecular complexity index is 1440. The van der Waals surface area contributed by atoms with Gasteiger partial charge in [0.05, 0.1) is 11.1 Å². The van der Waals surface area contributed by atoms with Gasteiger partial charge in [0, 0.05) is 46.8 Å². The maximum atomic E-state index is 13.6. The number of H-pyrrole nitrogens is 1. The molecule has 2 amide bonds. The minimum absolute atomic E-state index is 0.0802. The molecule has 6 rings (SSSR count). The van der Waals surface area contributed by atoms with Crippen LogP contribution in [-0.4, -0.2) is 58.8 Å². The SMILES string of the molecule is Cc1[nH]c(/C=C2\C(=O)Nc3cccc(-c4cccc(Cl)c4)c32)c(C)c1C(=O)N1CCC(N2CCCC2)CC1. The van der Waals surface area contributed by atoms with Gasteiger partial charge in [0.2, 0.25) is 0 Å². The van der Waals surface area contributed by atoms with Crippen molar-refractivity contribution in [1.82, 2.24) is 14.8 Å². The van der Waals surface area contributed by atoms with Gasteiger partial charge in [-0.2, -0.15) is 0 Å². The third-order valence-electron chi connectivity index (χ3n) is 8.35. The Balaban J connectivity index is 1.30. The quantitative estimate of drug-likeness (QED) is 0.399. The average molecular weight is 529 g/mol. The molecule has 38 heavy (non-hydrogen) atoms. The minimum atomic E-state index is -0.155. The van der Waals surface area contributed by atoms with Gasteiger partial charge in [0.25, 0.3) is 11.8 Å². The maximum absolute atomic E-state index is 13.6. The second-order valence-electron chi connectivity index (χ2n) is 10.7. The van der Waals surface area contributed by atoms with E-state index < -0.39 is 0 Å². The van der Waals surface area contributed by atoms with E-state index in [0.29, 0.717) is 16.6 Å². The van der Waals surface area contributed by atoms with E-state index in [4.69, 9.17) is 11.6 Å². The van der Waals surface area contributed by atoms with Gasteiger partial charge in [-0.05, 0) is 93.6 Å². The first-order chi connectivity index (χ1) is 18.4. The zero-order chi connectivity index (χ0) is 26.4. The molecule has 3 aromatic rings. The molecule has 0 radical (unpaired) electrons. The highest BCUT2D eigenvalue weighted by molar-refractivity contribution is 6.36. The Morgan fingerprint density at radius 1 is 1.03 bits per heavy atom. The predicted octanol–water partition coefficient (Wildman–Crippen LogP) is 6.15. The summed E-state index contributed by atoms with van der Waals surface area (Å²) >= 11 is 6.28.